The summed E-state index contributed by atoms with van der Waals surface area (Å²) in [4.78, 5) is 15.0. The second kappa shape index (κ2) is 9.16. The molecule has 5 nitrogen and oxygen atoms in total. The van der Waals surface area contributed by atoms with Gasteiger partial charge in [-0.3, -0.25) is 4.79 Å². The molecule has 2 heterocycles. The van der Waals surface area contributed by atoms with E-state index in [4.69, 9.17) is 9.26 Å². The van der Waals surface area contributed by atoms with Gasteiger partial charge in [0.2, 0.25) is 0 Å². The number of amides is 1. The van der Waals surface area contributed by atoms with E-state index in [0.29, 0.717) is 23.8 Å². The molecule has 1 aromatic heterocycles. The molecule has 3 aromatic rings. The highest BCUT2D eigenvalue weighted by atomic mass is 16.5. The molecule has 5 heteroatoms. The van der Waals surface area contributed by atoms with Gasteiger partial charge in [-0.15, -0.1) is 0 Å². The highest BCUT2D eigenvalue weighted by Crippen LogP contribution is 2.24. The number of aromatic nitrogens is 1. The first-order valence-electron chi connectivity index (χ1n) is 10.6. The van der Waals surface area contributed by atoms with Crippen LogP contribution in [0.3, 0.4) is 0 Å². The quantitative estimate of drug-likeness (QED) is 0.582. The molecule has 1 amide bonds. The number of carbonyl (C=O) groups is 1. The lowest BCUT2D eigenvalue weighted by atomic mass is 9.90. The van der Waals surface area contributed by atoms with E-state index in [-0.39, 0.29) is 5.91 Å². The van der Waals surface area contributed by atoms with Gasteiger partial charge in [0.15, 0.2) is 0 Å². The van der Waals surface area contributed by atoms with Crippen LogP contribution in [-0.4, -0.2) is 29.1 Å². The van der Waals surface area contributed by atoms with Gasteiger partial charge in [0.1, 0.15) is 18.1 Å². The molecule has 0 atom stereocenters. The Morgan fingerprint density at radius 2 is 1.87 bits per heavy atom. The third-order valence-electron chi connectivity index (χ3n) is 5.91. The van der Waals surface area contributed by atoms with Gasteiger partial charge in [-0.05, 0) is 62.8 Å². The minimum Gasteiger partial charge on any atom is -0.489 e. The fraction of sp³-hybridized carbons (Fsp3) is 0.360. The van der Waals surface area contributed by atoms with Crippen LogP contribution in [0.25, 0.3) is 0 Å². The van der Waals surface area contributed by atoms with E-state index in [2.05, 4.69) is 35.5 Å². The van der Waals surface area contributed by atoms with Gasteiger partial charge in [0.05, 0.1) is 11.3 Å². The number of likely N-dealkylation sites (tertiary alicyclic amines) is 1. The molecule has 0 bridgehead atoms. The van der Waals surface area contributed by atoms with Crippen molar-refractivity contribution >= 4 is 5.91 Å². The van der Waals surface area contributed by atoms with Gasteiger partial charge in [0, 0.05) is 18.7 Å². The molecule has 1 fully saturated rings. The van der Waals surface area contributed by atoms with Crippen LogP contribution in [-0.2, 0) is 13.0 Å². The maximum atomic E-state index is 13.0. The van der Waals surface area contributed by atoms with Gasteiger partial charge >= 0.3 is 0 Å². The molecule has 1 aliphatic heterocycles. The van der Waals surface area contributed by atoms with Crippen molar-refractivity contribution in [1.82, 2.24) is 10.1 Å². The number of rotatable bonds is 6. The van der Waals surface area contributed by atoms with Crippen LogP contribution in [0.5, 0.6) is 5.75 Å². The molecule has 0 saturated carbocycles. The van der Waals surface area contributed by atoms with Crippen molar-refractivity contribution in [3.63, 3.8) is 0 Å². The van der Waals surface area contributed by atoms with E-state index in [1.165, 1.54) is 5.56 Å². The molecular formula is C25H28N2O3. The second-order valence-corrected chi connectivity index (χ2v) is 8.04. The number of carbonyl (C=O) groups excluding carboxylic acids is 1. The van der Waals surface area contributed by atoms with Crippen molar-refractivity contribution in [3.8, 4) is 5.75 Å². The van der Waals surface area contributed by atoms with Crippen molar-refractivity contribution in [3.05, 3.63) is 82.7 Å². The Labute approximate surface area is 177 Å². The SMILES string of the molecule is Cc1noc(C)c1COc1cccc(C(=O)N2CCC(Cc3ccccc3)CC2)c1. The molecule has 156 valence electrons. The van der Waals surface area contributed by atoms with Crippen molar-refractivity contribution in [2.45, 2.75) is 39.7 Å². The molecule has 2 aromatic carbocycles. The Kier molecular flexibility index (Phi) is 6.17. The molecule has 0 N–H and O–H groups in total. The van der Waals surface area contributed by atoms with E-state index in [1.54, 1.807) is 0 Å². The monoisotopic (exact) mass is 404 g/mol. The standard InChI is InChI=1S/C25H28N2O3/c1-18-24(19(2)30-26-18)17-29-23-10-6-9-22(16-23)25(28)27-13-11-21(12-14-27)15-20-7-4-3-5-8-20/h3-10,16,21H,11-15,17H2,1-2H3. The number of ether oxygens (including phenoxy) is 1. The average Bonchev–Trinajstić information content (AvgIpc) is 3.10. The smallest absolute Gasteiger partial charge is 0.253 e. The molecule has 0 aliphatic carbocycles. The highest BCUT2D eigenvalue weighted by Gasteiger charge is 2.24. The van der Waals surface area contributed by atoms with E-state index in [1.807, 2.05) is 43.0 Å². The minimum absolute atomic E-state index is 0.0796. The maximum Gasteiger partial charge on any atom is 0.253 e. The van der Waals surface area contributed by atoms with E-state index < -0.39 is 0 Å². The first kappa shape index (κ1) is 20.2. The first-order chi connectivity index (χ1) is 14.6. The Hall–Kier alpha value is -3.08. The van der Waals surface area contributed by atoms with Crippen LogP contribution in [0.15, 0.2) is 59.1 Å². The van der Waals surface area contributed by atoms with Crippen LogP contribution in [0.2, 0.25) is 0 Å². The predicted molar refractivity (Wildman–Crippen MR) is 116 cm³/mol. The van der Waals surface area contributed by atoms with Gasteiger partial charge in [-0.25, -0.2) is 0 Å². The zero-order valence-electron chi connectivity index (χ0n) is 17.6. The van der Waals surface area contributed by atoms with Crippen molar-refractivity contribution in [2.24, 2.45) is 5.92 Å². The number of hydrogen-bond acceptors (Lipinski definition) is 4. The summed E-state index contributed by atoms with van der Waals surface area (Å²) in [6.45, 7) is 5.77. The summed E-state index contributed by atoms with van der Waals surface area (Å²) in [5, 5.41) is 3.95. The summed E-state index contributed by atoms with van der Waals surface area (Å²) in [7, 11) is 0. The fourth-order valence-corrected chi connectivity index (χ4v) is 4.05. The van der Waals surface area contributed by atoms with Crippen LogP contribution >= 0.6 is 0 Å². The summed E-state index contributed by atoms with van der Waals surface area (Å²) in [6.07, 6.45) is 3.18. The van der Waals surface area contributed by atoms with Crippen molar-refractivity contribution in [1.29, 1.82) is 0 Å². The van der Waals surface area contributed by atoms with E-state index in [0.717, 1.165) is 49.4 Å². The molecule has 4 rings (SSSR count). The minimum atomic E-state index is 0.0796. The summed E-state index contributed by atoms with van der Waals surface area (Å²) >= 11 is 0. The summed E-state index contributed by atoms with van der Waals surface area (Å²) in [6, 6.07) is 18.1. The fourth-order valence-electron chi connectivity index (χ4n) is 4.05. The van der Waals surface area contributed by atoms with Crippen LogP contribution in [0.1, 0.15) is 45.8 Å². The largest absolute Gasteiger partial charge is 0.489 e. The Morgan fingerprint density at radius 1 is 1.10 bits per heavy atom. The summed E-state index contributed by atoms with van der Waals surface area (Å²) < 4.78 is 11.1. The van der Waals surface area contributed by atoms with Gasteiger partial charge in [-0.1, -0.05) is 41.6 Å². The van der Waals surface area contributed by atoms with E-state index in [9.17, 15) is 4.79 Å². The topological polar surface area (TPSA) is 55.6 Å². The summed E-state index contributed by atoms with van der Waals surface area (Å²) in [5.74, 6) is 2.16. The number of aryl methyl sites for hydroxylation is 2. The van der Waals surface area contributed by atoms with Gasteiger partial charge in [-0.2, -0.15) is 0 Å². The number of piperidine rings is 1. The van der Waals surface area contributed by atoms with E-state index >= 15 is 0 Å². The normalized spacial score (nSPS) is 14.7. The molecule has 0 radical (unpaired) electrons. The van der Waals surface area contributed by atoms with Crippen LogP contribution in [0, 0.1) is 19.8 Å². The lowest BCUT2D eigenvalue weighted by molar-refractivity contribution is 0.0690. The average molecular weight is 405 g/mol. The number of hydrogen-bond donors (Lipinski definition) is 0. The molecule has 0 unspecified atom stereocenters. The molecule has 0 spiro atoms. The highest BCUT2D eigenvalue weighted by molar-refractivity contribution is 5.94. The molecule has 30 heavy (non-hydrogen) atoms. The van der Waals surface area contributed by atoms with Crippen LogP contribution in [0.4, 0.5) is 0 Å². The third-order valence-corrected chi connectivity index (χ3v) is 5.91. The third kappa shape index (κ3) is 4.73. The molecule has 1 saturated heterocycles. The zero-order chi connectivity index (χ0) is 20.9. The lowest BCUT2D eigenvalue weighted by Crippen LogP contribution is -2.38. The predicted octanol–water partition coefficient (Wildman–Crippen LogP) is 4.97. The second-order valence-electron chi connectivity index (χ2n) is 8.04. The van der Waals surface area contributed by atoms with Gasteiger partial charge < -0.3 is 14.2 Å². The maximum absolute atomic E-state index is 13.0. The number of nitrogens with zero attached hydrogens (tertiary/aromatic N) is 2. The Bertz CT molecular complexity index is 969. The van der Waals surface area contributed by atoms with Gasteiger partial charge in [0.25, 0.3) is 5.91 Å². The molecule has 1 aliphatic rings. The lowest BCUT2D eigenvalue weighted by Gasteiger charge is -2.32. The van der Waals surface area contributed by atoms with Crippen molar-refractivity contribution < 1.29 is 14.1 Å². The van der Waals surface area contributed by atoms with Crippen LogP contribution < -0.4 is 4.74 Å². The first-order valence-corrected chi connectivity index (χ1v) is 10.6. The zero-order valence-corrected chi connectivity index (χ0v) is 17.6. The Balaban J connectivity index is 1.33. The Morgan fingerprint density at radius 3 is 2.57 bits per heavy atom. The number of benzene rings is 2. The summed E-state index contributed by atoms with van der Waals surface area (Å²) in [5.41, 5.74) is 3.84. The molecular weight excluding hydrogens is 376 g/mol. The van der Waals surface area contributed by atoms with Crippen molar-refractivity contribution in [2.75, 3.05) is 13.1 Å².